The smallest absolute Gasteiger partial charge is 0.243 e. The van der Waals surface area contributed by atoms with Crippen LogP contribution in [-0.2, 0) is 14.8 Å². The van der Waals surface area contributed by atoms with Crippen LogP contribution < -0.4 is 10.1 Å². The van der Waals surface area contributed by atoms with Gasteiger partial charge >= 0.3 is 0 Å². The second-order valence-corrected chi connectivity index (χ2v) is 9.07. The van der Waals surface area contributed by atoms with Crippen molar-refractivity contribution in [3.05, 3.63) is 59.9 Å². The lowest BCUT2D eigenvalue weighted by atomic mass is 9.96. The molecule has 2 aromatic carbocycles. The van der Waals surface area contributed by atoms with Crippen LogP contribution in [0.2, 0.25) is 0 Å². The van der Waals surface area contributed by atoms with Crippen molar-refractivity contribution in [1.29, 1.82) is 0 Å². The summed E-state index contributed by atoms with van der Waals surface area (Å²) in [6.45, 7) is 2.43. The van der Waals surface area contributed by atoms with Gasteiger partial charge in [0.15, 0.2) is 0 Å². The minimum atomic E-state index is -3.68. The maximum absolute atomic E-state index is 13.1. The molecular weight excluding hydrogens is 395 g/mol. The Morgan fingerprint density at radius 1 is 1.10 bits per heavy atom. The Hall–Kier alpha value is -2.45. The normalized spacial score (nSPS) is 16.9. The van der Waals surface area contributed by atoms with Crippen LogP contribution in [0.3, 0.4) is 0 Å². The van der Waals surface area contributed by atoms with Crippen molar-refractivity contribution >= 4 is 15.9 Å². The van der Waals surface area contributed by atoms with Gasteiger partial charge in [0.05, 0.1) is 18.0 Å². The SMILES string of the molecule is COc1ccc(C(C)NC(=O)C2CCN(S(=O)(=O)c3ccc(F)cc3)CC2)cc1. The summed E-state index contributed by atoms with van der Waals surface area (Å²) in [5.41, 5.74) is 0.968. The fourth-order valence-corrected chi connectivity index (χ4v) is 4.89. The molecule has 6 nitrogen and oxygen atoms in total. The van der Waals surface area contributed by atoms with Crippen LogP contribution in [0.1, 0.15) is 31.4 Å². The van der Waals surface area contributed by atoms with Gasteiger partial charge in [-0.05, 0) is 61.7 Å². The van der Waals surface area contributed by atoms with Crippen LogP contribution in [0, 0.1) is 11.7 Å². The third-order valence-corrected chi connectivity index (χ3v) is 7.16. The summed E-state index contributed by atoms with van der Waals surface area (Å²) in [5, 5.41) is 3.01. The number of amides is 1. The Labute approximate surface area is 170 Å². The summed E-state index contributed by atoms with van der Waals surface area (Å²) in [4.78, 5) is 12.7. The van der Waals surface area contributed by atoms with Crippen molar-refractivity contribution in [2.24, 2.45) is 5.92 Å². The van der Waals surface area contributed by atoms with E-state index in [1.54, 1.807) is 7.11 Å². The van der Waals surface area contributed by atoms with Gasteiger partial charge in [-0.1, -0.05) is 12.1 Å². The monoisotopic (exact) mass is 420 g/mol. The minimum Gasteiger partial charge on any atom is -0.497 e. The first-order valence-corrected chi connectivity index (χ1v) is 11.0. The molecular formula is C21H25FN2O4S. The molecule has 1 aliphatic rings. The van der Waals surface area contributed by atoms with Crippen molar-refractivity contribution in [2.75, 3.05) is 20.2 Å². The molecule has 1 saturated heterocycles. The number of nitrogens with zero attached hydrogens (tertiary/aromatic N) is 1. The zero-order chi connectivity index (χ0) is 21.0. The average molecular weight is 421 g/mol. The molecule has 1 aliphatic heterocycles. The summed E-state index contributed by atoms with van der Waals surface area (Å²) in [5.74, 6) is -0.0464. The highest BCUT2D eigenvalue weighted by atomic mass is 32.2. The first-order valence-electron chi connectivity index (χ1n) is 9.51. The first-order chi connectivity index (χ1) is 13.8. The predicted octanol–water partition coefficient (Wildman–Crippen LogP) is 3.11. The van der Waals surface area contributed by atoms with Crippen molar-refractivity contribution in [3.63, 3.8) is 0 Å². The van der Waals surface area contributed by atoms with Gasteiger partial charge in [-0.3, -0.25) is 4.79 Å². The van der Waals surface area contributed by atoms with Gasteiger partial charge in [-0.25, -0.2) is 12.8 Å². The van der Waals surface area contributed by atoms with Crippen molar-refractivity contribution in [2.45, 2.75) is 30.7 Å². The number of methoxy groups -OCH3 is 1. The summed E-state index contributed by atoms with van der Waals surface area (Å²) >= 11 is 0. The van der Waals surface area contributed by atoms with E-state index in [0.29, 0.717) is 12.8 Å². The Morgan fingerprint density at radius 3 is 2.24 bits per heavy atom. The number of carbonyl (C=O) groups excluding carboxylic acids is 1. The fourth-order valence-electron chi connectivity index (χ4n) is 3.42. The average Bonchev–Trinajstić information content (AvgIpc) is 2.74. The van der Waals surface area contributed by atoms with Crippen LogP contribution >= 0.6 is 0 Å². The van der Waals surface area contributed by atoms with Gasteiger partial charge in [0, 0.05) is 19.0 Å². The molecule has 0 radical (unpaired) electrons. The summed E-state index contributed by atoms with van der Waals surface area (Å²) < 4.78 is 44.9. The predicted molar refractivity (Wildman–Crippen MR) is 107 cm³/mol. The summed E-state index contributed by atoms with van der Waals surface area (Å²) in [7, 11) is -2.08. The number of hydrogen-bond acceptors (Lipinski definition) is 4. The van der Waals surface area contributed by atoms with Crippen molar-refractivity contribution in [1.82, 2.24) is 9.62 Å². The zero-order valence-corrected chi connectivity index (χ0v) is 17.3. The third-order valence-electron chi connectivity index (χ3n) is 5.25. The van der Waals surface area contributed by atoms with E-state index in [0.717, 1.165) is 23.4 Å². The molecule has 1 amide bonds. The molecule has 8 heteroatoms. The molecule has 0 aromatic heterocycles. The number of nitrogens with one attached hydrogen (secondary N) is 1. The molecule has 1 fully saturated rings. The Balaban J connectivity index is 1.56. The second kappa shape index (κ2) is 8.92. The third kappa shape index (κ3) is 4.94. The standard InChI is InChI=1S/C21H25FN2O4S/c1-15(16-3-7-19(28-2)8-4-16)23-21(25)17-11-13-24(14-12-17)29(26,27)20-9-5-18(22)6-10-20/h3-10,15,17H,11-14H2,1-2H3,(H,23,25). The van der Waals surface area contributed by atoms with Crippen molar-refractivity contribution < 1.29 is 22.3 Å². The van der Waals surface area contributed by atoms with Crippen LogP contribution in [0.15, 0.2) is 53.4 Å². The quantitative estimate of drug-likeness (QED) is 0.779. The lowest BCUT2D eigenvalue weighted by Crippen LogP contribution is -2.43. The van der Waals surface area contributed by atoms with E-state index in [2.05, 4.69) is 5.32 Å². The highest BCUT2D eigenvalue weighted by Gasteiger charge is 2.32. The number of carbonyl (C=O) groups is 1. The second-order valence-electron chi connectivity index (χ2n) is 7.14. The highest BCUT2D eigenvalue weighted by Crippen LogP contribution is 2.25. The highest BCUT2D eigenvalue weighted by molar-refractivity contribution is 7.89. The fraction of sp³-hybridized carbons (Fsp3) is 0.381. The van der Waals surface area contributed by atoms with E-state index in [9.17, 15) is 17.6 Å². The van der Waals surface area contributed by atoms with Gasteiger partial charge in [0.1, 0.15) is 11.6 Å². The molecule has 29 heavy (non-hydrogen) atoms. The van der Waals surface area contributed by atoms with E-state index in [1.807, 2.05) is 31.2 Å². The zero-order valence-electron chi connectivity index (χ0n) is 16.5. The Bertz CT molecular complexity index is 938. The van der Waals surface area contributed by atoms with Gasteiger partial charge in [0.25, 0.3) is 0 Å². The number of rotatable bonds is 6. The first kappa shape index (κ1) is 21.3. The Kier molecular flexibility index (Phi) is 6.54. The van der Waals surface area contributed by atoms with Gasteiger partial charge in [-0.2, -0.15) is 4.31 Å². The number of benzene rings is 2. The molecule has 1 atom stereocenters. The van der Waals surface area contributed by atoms with Gasteiger partial charge in [0.2, 0.25) is 15.9 Å². The van der Waals surface area contributed by atoms with E-state index in [4.69, 9.17) is 4.74 Å². The van der Waals surface area contributed by atoms with Gasteiger partial charge in [-0.15, -0.1) is 0 Å². The van der Waals surface area contributed by atoms with E-state index in [1.165, 1.54) is 16.4 Å². The number of piperidine rings is 1. The molecule has 0 aliphatic carbocycles. The van der Waals surface area contributed by atoms with Crippen LogP contribution in [0.5, 0.6) is 5.75 Å². The molecule has 3 rings (SSSR count). The van der Waals surface area contributed by atoms with Crippen LogP contribution in [0.4, 0.5) is 4.39 Å². The maximum atomic E-state index is 13.1. The Morgan fingerprint density at radius 2 is 1.69 bits per heavy atom. The number of sulfonamides is 1. The van der Waals surface area contributed by atoms with E-state index >= 15 is 0 Å². The van der Waals surface area contributed by atoms with E-state index < -0.39 is 15.8 Å². The van der Waals surface area contributed by atoms with Gasteiger partial charge < -0.3 is 10.1 Å². The maximum Gasteiger partial charge on any atom is 0.243 e. The molecule has 2 aromatic rings. The van der Waals surface area contributed by atoms with Crippen LogP contribution in [-0.4, -0.2) is 38.8 Å². The summed E-state index contributed by atoms with van der Waals surface area (Å²) in [6, 6.07) is 12.1. The number of ether oxygens (including phenoxy) is 1. The number of hydrogen-bond donors (Lipinski definition) is 1. The lowest BCUT2D eigenvalue weighted by molar-refractivity contribution is -0.126. The molecule has 0 saturated carbocycles. The topological polar surface area (TPSA) is 75.7 Å². The molecule has 0 spiro atoms. The summed E-state index contributed by atoms with van der Waals surface area (Å²) in [6.07, 6.45) is 0.892. The minimum absolute atomic E-state index is 0.0647. The molecule has 156 valence electrons. The lowest BCUT2D eigenvalue weighted by Gasteiger charge is -2.31. The molecule has 1 unspecified atom stereocenters. The number of halogens is 1. The molecule has 1 N–H and O–H groups in total. The largest absolute Gasteiger partial charge is 0.497 e. The molecule has 0 bridgehead atoms. The van der Waals surface area contributed by atoms with Crippen molar-refractivity contribution in [3.8, 4) is 5.75 Å². The molecule has 1 heterocycles. The van der Waals surface area contributed by atoms with Crippen LogP contribution in [0.25, 0.3) is 0 Å². The van der Waals surface area contributed by atoms with E-state index in [-0.39, 0.29) is 35.9 Å².